The fourth-order valence-corrected chi connectivity index (χ4v) is 5.22. The van der Waals surface area contributed by atoms with Crippen molar-refractivity contribution in [3.8, 4) is 11.5 Å². The van der Waals surface area contributed by atoms with Crippen molar-refractivity contribution >= 4 is 56.8 Å². The highest BCUT2D eigenvalue weighted by Gasteiger charge is 2.37. The number of carbonyl (C=O) groups excluding carboxylic acids is 3. The number of aromatic nitrogens is 1. The van der Waals surface area contributed by atoms with Crippen molar-refractivity contribution < 1.29 is 23.9 Å². The van der Waals surface area contributed by atoms with Crippen LogP contribution in [0.3, 0.4) is 0 Å². The summed E-state index contributed by atoms with van der Waals surface area (Å²) in [6.45, 7) is 6.38. The number of rotatable bonds is 10. The van der Waals surface area contributed by atoms with Crippen LogP contribution in [0.4, 0.5) is 5.13 Å². The van der Waals surface area contributed by atoms with E-state index in [-0.39, 0.29) is 24.9 Å². The highest BCUT2D eigenvalue weighted by molar-refractivity contribution is 7.22. The lowest BCUT2D eigenvalue weighted by Crippen LogP contribution is -2.45. The molecule has 0 aliphatic carbocycles. The highest BCUT2D eigenvalue weighted by Crippen LogP contribution is 2.40. The third kappa shape index (κ3) is 5.02. The Morgan fingerprint density at radius 2 is 1.53 bits per heavy atom. The van der Waals surface area contributed by atoms with Crippen molar-refractivity contribution in [3.63, 3.8) is 0 Å². The van der Waals surface area contributed by atoms with Gasteiger partial charge in [-0.1, -0.05) is 37.3 Å². The van der Waals surface area contributed by atoms with Crippen LogP contribution in [0, 0.1) is 0 Å². The summed E-state index contributed by atoms with van der Waals surface area (Å²) in [5.74, 6) is -0.116. The van der Waals surface area contributed by atoms with Gasteiger partial charge in [0.15, 0.2) is 5.13 Å². The number of hydrogen-bond donors (Lipinski definition) is 0. The average Bonchev–Trinajstić information content (AvgIpc) is 3.42. The number of likely N-dealkylation sites (N-methyl/N-ethyl adjacent to an activating group) is 1. The van der Waals surface area contributed by atoms with E-state index in [1.54, 1.807) is 55.5 Å². The minimum atomic E-state index is -0.463. The van der Waals surface area contributed by atoms with Crippen molar-refractivity contribution in [2.24, 2.45) is 0 Å². The second-order valence-electron chi connectivity index (χ2n) is 7.96. The summed E-state index contributed by atoms with van der Waals surface area (Å²) in [4.78, 5) is 48.7. The summed E-state index contributed by atoms with van der Waals surface area (Å²) < 4.78 is 11.7. The minimum Gasteiger partial charge on any atom is -0.495 e. The van der Waals surface area contributed by atoms with E-state index in [2.05, 4.69) is 18.7 Å². The number of thiazole rings is 1. The van der Waals surface area contributed by atoms with Gasteiger partial charge in [0, 0.05) is 13.1 Å². The maximum atomic E-state index is 13.6. The average molecular weight is 533 g/mol. The van der Waals surface area contributed by atoms with E-state index < -0.39 is 11.8 Å². The van der Waals surface area contributed by atoms with Crippen LogP contribution in [0.1, 0.15) is 34.6 Å². The Bertz CT molecular complexity index is 1200. The second-order valence-corrected chi connectivity index (χ2v) is 8.94. The fraction of sp³-hybridized carbons (Fsp3) is 0.360. The van der Waals surface area contributed by atoms with E-state index >= 15 is 0 Å². The van der Waals surface area contributed by atoms with Crippen LogP contribution < -0.4 is 14.4 Å². The number of ether oxygens (including phenoxy) is 2. The Balaban J connectivity index is 0.00000361. The van der Waals surface area contributed by atoms with Gasteiger partial charge in [0.1, 0.15) is 28.3 Å². The third-order valence-corrected chi connectivity index (χ3v) is 7.23. The Morgan fingerprint density at radius 1 is 0.944 bits per heavy atom. The number of fused-ring (bicyclic) bond motifs is 2. The Labute approximate surface area is 220 Å². The topological polar surface area (TPSA) is 92.3 Å². The number of carbonyl (C=O) groups is 3. The predicted molar refractivity (Wildman–Crippen MR) is 142 cm³/mol. The first-order chi connectivity index (χ1) is 16.9. The normalized spacial score (nSPS) is 12.6. The lowest BCUT2D eigenvalue weighted by atomic mass is 10.1. The molecular weight excluding hydrogens is 504 g/mol. The smallest absolute Gasteiger partial charge is 0.262 e. The van der Waals surface area contributed by atoms with E-state index in [4.69, 9.17) is 14.5 Å². The summed E-state index contributed by atoms with van der Waals surface area (Å²) in [7, 11) is 3.14. The van der Waals surface area contributed by atoms with Crippen molar-refractivity contribution in [2.75, 3.05) is 51.8 Å². The molecule has 3 amide bonds. The van der Waals surface area contributed by atoms with E-state index in [0.29, 0.717) is 46.4 Å². The van der Waals surface area contributed by atoms with Crippen LogP contribution >= 0.6 is 23.7 Å². The largest absolute Gasteiger partial charge is 0.495 e. The van der Waals surface area contributed by atoms with Gasteiger partial charge in [-0.05, 0) is 37.4 Å². The van der Waals surface area contributed by atoms with E-state index in [9.17, 15) is 14.4 Å². The molecule has 2 heterocycles. The van der Waals surface area contributed by atoms with E-state index in [1.807, 2.05) is 0 Å². The zero-order valence-electron chi connectivity index (χ0n) is 20.6. The van der Waals surface area contributed by atoms with Gasteiger partial charge < -0.3 is 14.4 Å². The van der Waals surface area contributed by atoms with Crippen LogP contribution in [0.5, 0.6) is 11.5 Å². The van der Waals surface area contributed by atoms with Crippen LogP contribution in [0.25, 0.3) is 10.2 Å². The lowest BCUT2D eigenvalue weighted by Gasteiger charge is -2.26. The summed E-state index contributed by atoms with van der Waals surface area (Å²) in [5.41, 5.74) is 1.22. The second kappa shape index (κ2) is 11.7. The Hall–Kier alpha value is -3.21. The maximum absolute atomic E-state index is 13.6. The van der Waals surface area contributed by atoms with Crippen molar-refractivity contribution in [3.05, 3.63) is 47.5 Å². The first kappa shape index (κ1) is 27.4. The zero-order chi connectivity index (χ0) is 25.1. The van der Waals surface area contributed by atoms with Gasteiger partial charge in [0.05, 0.1) is 25.3 Å². The van der Waals surface area contributed by atoms with Gasteiger partial charge in [0.25, 0.3) is 11.8 Å². The summed E-state index contributed by atoms with van der Waals surface area (Å²) in [6.07, 6.45) is 0. The number of halogens is 1. The summed E-state index contributed by atoms with van der Waals surface area (Å²) in [5, 5.41) is 0.455. The number of nitrogens with zero attached hydrogens (tertiary/aromatic N) is 4. The summed E-state index contributed by atoms with van der Waals surface area (Å²) in [6, 6.07) is 10.2. The Kier molecular flexibility index (Phi) is 8.89. The molecule has 2 aromatic carbocycles. The van der Waals surface area contributed by atoms with Crippen molar-refractivity contribution in [1.82, 2.24) is 14.8 Å². The molecule has 192 valence electrons. The van der Waals surface area contributed by atoms with Gasteiger partial charge in [-0.3, -0.25) is 24.2 Å². The Morgan fingerprint density at radius 3 is 2.08 bits per heavy atom. The molecule has 1 aliphatic heterocycles. The SMILES string of the molecule is CCN(CC)CCN(C(=O)CN1C(=O)c2ccccc2C1=O)c1nc2c(OC)ccc(OC)c2s1.Cl. The third-order valence-electron chi connectivity index (χ3n) is 6.14. The monoisotopic (exact) mass is 532 g/mol. The molecule has 1 aliphatic rings. The first-order valence-corrected chi connectivity index (χ1v) is 12.2. The standard InChI is InChI=1S/C25H28N4O5S.ClH/c1-5-27(6-2)13-14-28(25-26-21-18(33-3)11-12-19(34-4)22(21)35-25)20(30)15-29-23(31)16-9-7-8-10-17(16)24(29)32;/h7-12H,5-6,13-15H2,1-4H3;1H. The van der Waals surface area contributed by atoms with E-state index in [1.165, 1.54) is 11.3 Å². The molecule has 0 radical (unpaired) electrons. The quantitative estimate of drug-likeness (QED) is 0.367. The van der Waals surface area contributed by atoms with Crippen molar-refractivity contribution in [2.45, 2.75) is 13.8 Å². The highest BCUT2D eigenvalue weighted by atomic mass is 35.5. The molecule has 0 atom stereocenters. The molecule has 3 aromatic rings. The summed E-state index contributed by atoms with van der Waals surface area (Å²) >= 11 is 1.31. The molecule has 0 fully saturated rings. The lowest BCUT2D eigenvalue weighted by molar-refractivity contribution is -0.119. The van der Waals surface area contributed by atoms with E-state index in [0.717, 1.165) is 22.7 Å². The predicted octanol–water partition coefficient (Wildman–Crippen LogP) is 3.71. The van der Waals surface area contributed by atoms with Crippen LogP contribution in [-0.2, 0) is 4.79 Å². The number of benzene rings is 2. The molecule has 0 N–H and O–H groups in total. The maximum Gasteiger partial charge on any atom is 0.262 e. The van der Waals surface area contributed by atoms with Crippen molar-refractivity contribution in [1.29, 1.82) is 0 Å². The molecule has 0 saturated heterocycles. The zero-order valence-corrected chi connectivity index (χ0v) is 22.3. The number of methoxy groups -OCH3 is 2. The minimum absolute atomic E-state index is 0. The molecule has 11 heteroatoms. The van der Waals surface area contributed by atoms with Gasteiger partial charge in [-0.15, -0.1) is 12.4 Å². The molecule has 36 heavy (non-hydrogen) atoms. The molecule has 0 bridgehead atoms. The molecule has 4 rings (SSSR count). The molecule has 0 saturated carbocycles. The van der Waals surface area contributed by atoms with Crippen LogP contribution in [0.2, 0.25) is 0 Å². The number of imide groups is 1. The first-order valence-electron chi connectivity index (χ1n) is 11.4. The molecule has 1 aromatic heterocycles. The number of hydrogen-bond acceptors (Lipinski definition) is 8. The van der Waals surface area contributed by atoms with Gasteiger partial charge in [-0.25, -0.2) is 4.98 Å². The van der Waals surface area contributed by atoms with Crippen LogP contribution in [-0.4, -0.2) is 79.4 Å². The van der Waals surface area contributed by atoms with Crippen LogP contribution in [0.15, 0.2) is 36.4 Å². The molecular formula is C25H29ClN4O5S. The van der Waals surface area contributed by atoms with Gasteiger partial charge >= 0.3 is 0 Å². The fourth-order valence-electron chi connectivity index (χ4n) is 4.10. The molecule has 9 nitrogen and oxygen atoms in total. The van der Waals surface area contributed by atoms with Gasteiger partial charge in [-0.2, -0.15) is 0 Å². The van der Waals surface area contributed by atoms with Gasteiger partial charge in [0.2, 0.25) is 5.91 Å². The number of anilines is 1. The molecule has 0 spiro atoms. The molecule has 0 unspecified atom stereocenters. The number of amides is 3.